The summed E-state index contributed by atoms with van der Waals surface area (Å²) in [7, 11) is 0. The van der Waals surface area contributed by atoms with Crippen molar-refractivity contribution in [2.75, 3.05) is 13.1 Å². The second kappa shape index (κ2) is 6.20. The van der Waals surface area contributed by atoms with E-state index in [2.05, 4.69) is 36.1 Å². The molecule has 0 spiro atoms. The summed E-state index contributed by atoms with van der Waals surface area (Å²) in [6.45, 7) is 4.04. The van der Waals surface area contributed by atoms with Crippen LogP contribution >= 0.6 is 0 Å². The zero-order valence-electron chi connectivity index (χ0n) is 12.6. The minimum absolute atomic E-state index is 0.200. The average molecular weight is 296 g/mol. The third kappa shape index (κ3) is 3.12. The molecule has 0 bridgehead atoms. The number of primary amides is 1. The van der Waals surface area contributed by atoms with Crippen LogP contribution in [0.3, 0.4) is 0 Å². The Balaban J connectivity index is 1.52. The first kappa shape index (κ1) is 14.6. The molecule has 1 atom stereocenters. The number of nitrogens with two attached hydrogens (primary N) is 1. The fourth-order valence-electron chi connectivity index (χ4n) is 2.69. The van der Waals surface area contributed by atoms with Crippen molar-refractivity contribution in [1.29, 1.82) is 0 Å². The Morgan fingerprint density at radius 1 is 1.14 bits per heavy atom. The quantitative estimate of drug-likeness (QED) is 0.922. The lowest BCUT2D eigenvalue weighted by molar-refractivity contribution is -0.00522. The summed E-state index contributed by atoms with van der Waals surface area (Å²) in [6.07, 6.45) is 0.200. The lowest BCUT2D eigenvalue weighted by Gasteiger charge is -2.43. The van der Waals surface area contributed by atoms with Crippen LogP contribution in [0.1, 0.15) is 28.9 Å². The molecule has 2 aromatic carbocycles. The number of carbonyl (C=O) groups excluding carboxylic acids is 1. The van der Waals surface area contributed by atoms with Gasteiger partial charge in [0.1, 0.15) is 11.9 Å². The zero-order chi connectivity index (χ0) is 15.5. The van der Waals surface area contributed by atoms with Crippen molar-refractivity contribution < 1.29 is 9.53 Å². The Morgan fingerprint density at radius 3 is 2.36 bits per heavy atom. The molecule has 22 heavy (non-hydrogen) atoms. The van der Waals surface area contributed by atoms with Crippen LogP contribution in [0.25, 0.3) is 0 Å². The van der Waals surface area contributed by atoms with E-state index in [4.69, 9.17) is 10.5 Å². The normalized spacial score (nSPS) is 16.8. The first-order valence-electron chi connectivity index (χ1n) is 7.49. The summed E-state index contributed by atoms with van der Waals surface area (Å²) < 4.78 is 5.91. The number of nitrogens with zero attached hydrogens (tertiary/aromatic N) is 1. The van der Waals surface area contributed by atoms with Gasteiger partial charge in [-0.25, -0.2) is 0 Å². The average Bonchev–Trinajstić information content (AvgIpc) is 2.51. The molecule has 1 unspecified atom stereocenters. The molecule has 1 fully saturated rings. The third-order valence-corrected chi connectivity index (χ3v) is 4.15. The second-order valence-electron chi connectivity index (χ2n) is 5.67. The van der Waals surface area contributed by atoms with Gasteiger partial charge in [-0.3, -0.25) is 9.69 Å². The standard InChI is InChI=1S/C18H20N2O2/c1-13(14-5-3-2-4-6-14)20-11-17(12-20)22-16-9-7-15(8-10-16)18(19)21/h2-10,13,17H,11-12H2,1H3,(H2,19,21). The first-order valence-corrected chi connectivity index (χ1v) is 7.49. The van der Waals surface area contributed by atoms with Crippen LogP contribution in [0, 0.1) is 0 Å². The molecule has 0 aliphatic carbocycles. The predicted octanol–water partition coefficient (Wildman–Crippen LogP) is 2.61. The van der Waals surface area contributed by atoms with Crippen molar-refractivity contribution in [3.63, 3.8) is 0 Å². The first-order chi connectivity index (χ1) is 10.6. The molecule has 1 aliphatic heterocycles. The van der Waals surface area contributed by atoms with E-state index >= 15 is 0 Å². The SMILES string of the molecule is CC(c1ccccc1)N1CC(Oc2ccc(C(N)=O)cc2)C1. The number of hydrogen-bond acceptors (Lipinski definition) is 3. The number of carbonyl (C=O) groups is 1. The van der Waals surface area contributed by atoms with E-state index in [0.29, 0.717) is 11.6 Å². The summed E-state index contributed by atoms with van der Waals surface area (Å²) in [5, 5.41) is 0. The topological polar surface area (TPSA) is 55.6 Å². The second-order valence-corrected chi connectivity index (χ2v) is 5.67. The van der Waals surface area contributed by atoms with Crippen molar-refractivity contribution >= 4 is 5.91 Å². The van der Waals surface area contributed by atoms with Gasteiger partial charge < -0.3 is 10.5 Å². The Morgan fingerprint density at radius 2 is 1.77 bits per heavy atom. The van der Waals surface area contributed by atoms with Crippen LogP contribution < -0.4 is 10.5 Å². The van der Waals surface area contributed by atoms with Crippen molar-refractivity contribution in [2.24, 2.45) is 5.73 Å². The monoisotopic (exact) mass is 296 g/mol. The van der Waals surface area contributed by atoms with Gasteiger partial charge in [-0.05, 0) is 36.8 Å². The van der Waals surface area contributed by atoms with Gasteiger partial charge in [0.25, 0.3) is 0 Å². The summed E-state index contributed by atoms with van der Waals surface area (Å²) in [5.74, 6) is 0.361. The highest BCUT2D eigenvalue weighted by molar-refractivity contribution is 5.92. The molecule has 1 heterocycles. The number of likely N-dealkylation sites (tertiary alicyclic amines) is 1. The number of ether oxygens (including phenoxy) is 1. The zero-order valence-corrected chi connectivity index (χ0v) is 12.6. The van der Waals surface area contributed by atoms with E-state index in [-0.39, 0.29) is 6.10 Å². The van der Waals surface area contributed by atoms with Gasteiger partial charge in [0.05, 0.1) is 0 Å². The van der Waals surface area contributed by atoms with E-state index in [1.54, 1.807) is 24.3 Å². The highest BCUT2D eigenvalue weighted by Crippen LogP contribution is 2.27. The summed E-state index contributed by atoms with van der Waals surface area (Å²) in [4.78, 5) is 13.4. The van der Waals surface area contributed by atoms with Crippen molar-refractivity contribution in [3.8, 4) is 5.75 Å². The van der Waals surface area contributed by atoms with E-state index in [1.807, 2.05) is 6.07 Å². The fourth-order valence-corrected chi connectivity index (χ4v) is 2.69. The molecule has 1 amide bonds. The molecular weight excluding hydrogens is 276 g/mol. The Hall–Kier alpha value is -2.33. The largest absolute Gasteiger partial charge is 0.488 e. The van der Waals surface area contributed by atoms with E-state index in [9.17, 15) is 4.79 Å². The molecule has 114 valence electrons. The summed E-state index contributed by atoms with van der Waals surface area (Å²) >= 11 is 0. The van der Waals surface area contributed by atoms with Crippen LogP contribution in [-0.4, -0.2) is 30.0 Å². The van der Waals surface area contributed by atoms with Gasteiger partial charge in [-0.15, -0.1) is 0 Å². The molecule has 0 saturated carbocycles. The lowest BCUT2D eigenvalue weighted by atomic mass is 10.0. The molecule has 1 saturated heterocycles. The number of benzene rings is 2. The molecule has 4 heteroatoms. The number of rotatable bonds is 5. The molecule has 1 aliphatic rings. The highest BCUT2D eigenvalue weighted by atomic mass is 16.5. The smallest absolute Gasteiger partial charge is 0.248 e. The summed E-state index contributed by atoms with van der Waals surface area (Å²) in [5.41, 5.74) is 7.05. The third-order valence-electron chi connectivity index (χ3n) is 4.15. The van der Waals surface area contributed by atoms with Crippen LogP contribution in [0.15, 0.2) is 54.6 Å². The highest BCUT2D eigenvalue weighted by Gasteiger charge is 2.32. The van der Waals surface area contributed by atoms with Crippen LogP contribution in [0.5, 0.6) is 5.75 Å². The minimum Gasteiger partial charge on any atom is -0.488 e. The minimum atomic E-state index is -0.418. The molecule has 0 aromatic heterocycles. The maximum Gasteiger partial charge on any atom is 0.248 e. The van der Waals surface area contributed by atoms with Crippen LogP contribution in [0.4, 0.5) is 0 Å². The van der Waals surface area contributed by atoms with Crippen molar-refractivity contribution in [1.82, 2.24) is 4.90 Å². The maximum absolute atomic E-state index is 11.0. The molecule has 0 radical (unpaired) electrons. The van der Waals surface area contributed by atoms with E-state index < -0.39 is 5.91 Å². The maximum atomic E-state index is 11.0. The van der Waals surface area contributed by atoms with Gasteiger partial charge in [0, 0.05) is 24.7 Å². The van der Waals surface area contributed by atoms with Gasteiger partial charge in [-0.2, -0.15) is 0 Å². The van der Waals surface area contributed by atoms with Gasteiger partial charge in [-0.1, -0.05) is 30.3 Å². The molecule has 4 nitrogen and oxygen atoms in total. The van der Waals surface area contributed by atoms with E-state index in [1.165, 1.54) is 5.56 Å². The van der Waals surface area contributed by atoms with Gasteiger partial charge in [0.2, 0.25) is 5.91 Å². The van der Waals surface area contributed by atoms with Crippen molar-refractivity contribution in [3.05, 3.63) is 65.7 Å². The van der Waals surface area contributed by atoms with Crippen LogP contribution in [-0.2, 0) is 0 Å². The number of hydrogen-bond donors (Lipinski definition) is 1. The molecule has 2 aromatic rings. The predicted molar refractivity (Wildman–Crippen MR) is 85.8 cm³/mol. The Kier molecular flexibility index (Phi) is 4.11. The van der Waals surface area contributed by atoms with Gasteiger partial charge in [0.15, 0.2) is 0 Å². The molecule has 2 N–H and O–H groups in total. The number of amides is 1. The van der Waals surface area contributed by atoms with E-state index in [0.717, 1.165) is 18.8 Å². The molecular formula is C18H20N2O2. The van der Waals surface area contributed by atoms with Crippen LogP contribution in [0.2, 0.25) is 0 Å². The Labute approximate surface area is 130 Å². The summed E-state index contributed by atoms with van der Waals surface area (Å²) in [6, 6.07) is 17.9. The Bertz CT molecular complexity index is 634. The van der Waals surface area contributed by atoms with Crippen molar-refractivity contribution in [2.45, 2.75) is 19.1 Å². The lowest BCUT2D eigenvalue weighted by Crippen LogP contribution is -2.54. The molecule has 3 rings (SSSR count). The van der Waals surface area contributed by atoms with Gasteiger partial charge >= 0.3 is 0 Å². The fraction of sp³-hybridized carbons (Fsp3) is 0.278.